The molecule has 0 fully saturated rings. The number of hydrogen-bond donors (Lipinski definition) is 0. The molecule has 3 heteroatoms. The second-order valence-corrected chi connectivity index (χ2v) is 8.89. The number of rotatable bonds is 3. The maximum atomic E-state index is 8.61. The lowest BCUT2D eigenvalue weighted by Crippen LogP contribution is -2.17. The van der Waals surface area contributed by atoms with E-state index < -0.39 is 0 Å². The van der Waals surface area contributed by atoms with Gasteiger partial charge >= 0.3 is 0 Å². The van der Waals surface area contributed by atoms with Crippen molar-refractivity contribution in [1.82, 2.24) is 15.0 Å². The van der Waals surface area contributed by atoms with Crippen LogP contribution in [-0.2, 0) is 5.41 Å². The van der Waals surface area contributed by atoms with Gasteiger partial charge in [0.15, 0.2) is 11.6 Å². The van der Waals surface area contributed by atoms with Gasteiger partial charge in [0.1, 0.15) is 5.82 Å². The first-order chi connectivity index (χ1) is 16.5. The van der Waals surface area contributed by atoms with Crippen molar-refractivity contribution < 1.29 is 5.48 Å². The van der Waals surface area contributed by atoms with E-state index in [0.717, 1.165) is 16.7 Å². The predicted octanol–water partition coefficient (Wildman–Crippen LogP) is 6.94. The summed E-state index contributed by atoms with van der Waals surface area (Å²) >= 11 is 0. The molecule has 0 saturated carbocycles. The van der Waals surface area contributed by atoms with E-state index in [0.29, 0.717) is 17.2 Å². The smallest absolute Gasteiger partial charge is 0.164 e. The van der Waals surface area contributed by atoms with E-state index in [4.69, 9.17) is 15.5 Å². The van der Waals surface area contributed by atoms with Crippen molar-refractivity contribution in [2.45, 2.75) is 46.0 Å². The number of hydrogen-bond acceptors (Lipinski definition) is 3. The third kappa shape index (κ3) is 3.16. The van der Waals surface area contributed by atoms with Crippen molar-refractivity contribution in [1.29, 1.82) is 0 Å². The van der Waals surface area contributed by atoms with E-state index in [9.17, 15) is 0 Å². The zero-order valence-electron chi connectivity index (χ0n) is 22.5. The number of fused-ring (bicyclic) bond motifs is 3. The molecule has 5 rings (SSSR count). The Bertz CT molecular complexity index is 1480. The van der Waals surface area contributed by atoms with Crippen molar-refractivity contribution in [3.63, 3.8) is 0 Å². The fourth-order valence-electron chi connectivity index (χ4n) is 4.47. The number of nitrogens with zero attached hydrogens (tertiary/aromatic N) is 3. The van der Waals surface area contributed by atoms with Crippen molar-refractivity contribution in [3.05, 3.63) is 89.1 Å². The predicted molar refractivity (Wildman–Crippen MR) is 127 cm³/mol. The summed E-state index contributed by atoms with van der Waals surface area (Å²) in [7, 11) is 0. The summed E-state index contributed by atoms with van der Waals surface area (Å²) < 4.78 is 33.4. The van der Waals surface area contributed by atoms with E-state index in [1.165, 1.54) is 11.1 Å². The molecule has 1 heterocycles. The number of aromatic nitrogens is 3. The second-order valence-electron chi connectivity index (χ2n) is 8.89. The van der Waals surface area contributed by atoms with E-state index in [2.05, 4.69) is 49.2 Å². The van der Waals surface area contributed by atoms with Gasteiger partial charge in [0.25, 0.3) is 0 Å². The Hall–Kier alpha value is -3.33. The van der Waals surface area contributed by atoms with Gasteiger partial charge < -0.3 is 0 Å². The molecule has 0 radical (unpaired) electrons. The highest BCUT2D eigenvalue weighted by Gasteiger charge is 2.37. The highest BCUT2D eigenvalue weighted by atomic mass is 15.0. The van der Waals surface area contributed by atoms with Crippen LogP contribution in [0.1, 0.15) is 61.6 Å². The average Bonchev–Trinajstić information content (AvgIpc) is 3.08. The summed E-state index contributed by atoms with van der Waals surface area (Å²) in [6.07, 6.45) is 0. The van der Waals surface area contributed by atoms with Crippen LogP contribution in [0.25, 0.3) is 33.9 Å². The SMILES string of the molecule is [2H]c1c([2H])c(C)c([2H])c(-c2nc(-c3cccc4c3C(C)(C)c3ccccc3-4)nc(C(C)C)n2)c1[2H]. The molecule has 1 aliphatic rings. The van der Waals surface area contributed by atoms with Crippen molar-refractivity contribution in [2.24, 2.45) is 0 Å². The Morgan fingerprint density at radius 1 is 0.839 bits per heavy atom. The zero-order valence-corrected chi connectivity index (χ0v) is 18.5. The molecule has 0 N–H and O–H groups in total. The first-order valence-electron chi connectivity index (χ1n) is 12.6. The van der Waals surface area contributed by atoms with Crippen LogP contribution in [0.5, 0.6) is 0 Å². The van der Waals surface area contributed by atoms with Crippen molar-refractivity contribution in [3.8, 4) is 33.9 Å². The molecule has 0 spiro atoms. The van der Waals surface area contributed by atoms with Gasteiger partial charge in [-0.2, -0.15) is 0 Å². The molecular weight excluding hydrogens is 378 g/mol. The van der Waals surface area contributed by atoms with Crippen LogP contribution in [0.2, 0.25) is 0 Å². The first kappa shape index (κ1) is 15.5. The van der Waals surface area contributed by atoms with E-state index in [1.807, 2.05) is 26.0 Å². The molecule has 0 atom stereocenters. The van der Waals surface area contributed by atoms with Crippen LogP contribution in [0.3, 0.4) is 0 Å². The fourth-order valence-corrected chi connectivity index (χ4v) is 4.47. The van der Waals surface area contributed by atoms with Gasteiger partial charge in [0, 0.05) is 22.5 Å². The Balaban J connectivity index is 1.81. The van der Waals surface area contributed by atoms with Crippen LogP contribution in [-0.4, -0.2) is 15.0 Å². The fraction of sp³-hybridized carbons (Fsp3) is 0.250. The maximum Gasteiger partial charge on any atom is 0.164 e. The Kier molecular flexibility index (Phi) is 3.55. The third-order valence-corrected chi connectivity index (χ3v) is 5.96. The highest BCUT2D eigenvalue weighted by Crippen LogP contribution is 2.51. The molecule has 3 aromatic carbocycles. The lowest BCUT2D eigenvalue weighted by Gasteiger charge is -2.24. The molecule has 4 aromatic rings. The standard InChI is InChI=1S/C28H27N3/c1-17(2)25-29-26(19-11-8-10-18(3)16-19)31-27(30-25)22-14-9-13-21-20-12-6-7-15-23(20)28(4,5)24(21)22/h6-17H,1-5H3/i8D,10D,11D,16D. The molecule has 0 aliphatic heterocycles. The first-order valence-corrected chi connectivity index (χ1v) is 10.6. The molecular formula is C28H27N3. The summed E-state index contributed by atoms with van der Waals surface area (Å²) in [5.41, 5.74) is 5.90. The second kappa shape index (κ2) is 7.12. The maximum absolute atomic E-state index is 8.61. The third-order valence-electron chi connectivity index (χ3n) is 5.96. The van der Waals surface area contributed by atoms with Gasteiger partial charge in [-0.25, -0.2) is 15.0 Å². The van der Waals surface area contributed by atoms with E-state index in [1.54, 1.807) is 6.92 Å². The minimum atomic E-state index is -0.258. The zero-order chi connectivity index (χ0) is 25.2. The highest BCUT2D eigenvalue weighted by molar-refractivity contribution is 5.87. The van der Waals surface area contributed by atoms with Crippen LogP contribution >= 0.6 is 0 Å². The minimum absolute atomic E-state index is 0.00662. The molecule has 0 saturated heterocycles. The van der Waals surface area contributed by atoms with Crippen LogP contribution in [0, 0.1) is 6.92 Å². The monoisotopic (exact) mass is 409 g/mol. The minimum Gasteiger partial charge on any atom is -0.213 e. The number of benzene rings is 3. The van der Waals surface area contributed by atoms with Gasteiger partial charge in [-0.3, -0.25) is 0 Å². The lowest BCUT2D eigenvalue weighted by molar-refractivity contribution is 0.660. The molecule has 0 bridgehead atoms. The molecule has 0 amide bonds. The van der Waals surface area contributed by atoms with Crippen LogP contribution < -0.4 is 0 Å². The molecule has 31 heavy (non-hydrogen) atoms. The van der Waals surface area contributed by atoms with E-state index in [-0.39, 0.29) is 46.9 Å². The summed E-state index contributed by atoms with van der Waals surface area (Å²) in [5.74, 6) is 1.26. The quantitative estimate of drug-likeness (QED) is 0.368. The van der Waals surface area contributed by atoms with Gasteiger partial charge in [0.2, 0.25) is 0 Å². The molecule has 0 unspecified atom stereocenters. The molecule has 1 aromatic heterocycles. The van der Waals surface area contributed by atoms with Crippen LogP contribution in [0.15, 0.2) is 66.6 Å². The normalized spacial score (nSPS) is 15.7. The Labute approximate surface area is 189 Å². The Morgan fingerprint density at radius 2 is 1.55 bits per heavy atom. The van der Waals surface area contributed by atoms with Crippen molar-refractivity contribution >= 4 is 0 Å². The summed E-state index contributed by atoms with van der Waals surface area (Å²) in [6.45, 7) is 10.0. The topological polar surface area (TPSA) is 38.7 Å². The largest absolute Gasteiger partial charge is 0.213 e. The van der Waals surface area contributed by atoms with Gasteiger partial charge in [-0.1, -0.05) is 93.9 Å². The molecule has 1 aliphatic carbocycles. The molecule has 154 valence electrons. The summed E-state index contributed by atoms with van der Waals surface area (Å²) in [6, 6.07) is 14.1. The van der Waals surface area contributed by atoms with Gasteiger partial charge in [-0.15, -0.1) is 0 Å². The summed E-state index contributed by atoms with van der Waals surface area (Å²) in [5, 5.41) is 0. The molecule has 3 nitrogen and oxygen atoms in total. The Morgan fingerprint density at radius 3 is 2.35 bits per heavy atom. The lowest BCUT2D eigenvalue weighted by atomic mass is 9.80. The van der Waals surface area contributed by atoms with Gasteiger partial charge in [-0.05, 0) is 35.2 Å². The van der Waals surface area contributed by atoms with Crippen molar-refractivity contribution in [2.75, 3.05) is 0 Å². The average molecular weight is 410 g/mol. The van der Waals surface area contributed by atoms with Crippen LogP contribution in [0.4, 0.5) is 0 Å². The summed E-state index contributed by atoms with van der Waals surface area (Å²) in [4.78, 5) is 14.2. The van der Waals surface area contributed by atoms with E-state index >= 15 is 0 Å². The van der Waals surface area contributed by atoms with Gasteiger partial charge in [0.05, 0.1) is 5.48 Å².